The van der Waals surface area contributed by atoms with Gasteiger partial charge in [-0.05, 0) is 49.1 Å². The molecule has 0 spiro atoms. The molecule has 0 saturated heterocycles. The Balaban J connectivity index is 1.69. The molecule has 4 rings (SSSR count). The number of hydrogen-bond acceptors (Lipinski definition) is 7. The molecule has 0 amide bonds. The van der Waals surface area contributed by atoms with Crippen LogP contribution < -0.4 is 0 Å². The lowest BCUT2D eigenvalue weighted by molar-refractivity contribution is -0.146. The Morgan fingerprint density at radius 1 is 1.11 bits per heavy atom. The lowest BCUT2D eigenvalue weighted by atomic mass is 10.0. The second kappa shape index (κ2) is 7.52. The van der Waals surface area contributed by atoms with Crippen molar-refractivity contribution < 1.29 is 18.4 Å². The van der Waals surface area contributed by atoms with Gasteiger partial charge in [0.25, 0.3) is 5.89 Å². The van der Waals surface area contributed by atoms with Gasteiger partial charge in [-0.25, -0.2) is 0 Å². The molecular weight excluding hydrogens is 376 g/mol. The largest absolute Gasteiger partial charge is 0.464 e. The fourth-order valence-electron chi connectivity index (χ4n) is 2.97. The monoisotopic (exact) mass is 394 g/mol. The van der Waals surface area contributed by atoms with E-state index in [-0.39, 0.29) is 5.89 Å². The Morgan fingerprint density at radius 3 is 2.57 bits per heavy atom. The molecule has 28 heavy (non-hydrogen) atoms. The standard InChI is InChI=1S/C21H18N2O4S/c1-12(26-13(2)24)20-22-23-21(27-20)15-6-9-19-17(10-15)18(11-25-19)14-4-7-16(28-3)8-5-14/h4-12H,1-3H3/t12-/m0/s1. The minimum Gasteiger partial charge on any atom is -0.464 e. The van der Waals surface area contributed by atoms with Crippen LogP contribution in [0.5, 0.6) is 0 Å². The molecule has 0 bridgehead atoms. The Kier molecular flexibility index (Phi) is 4.92. The highest BCUT2D eigenvalue weighted by Gasteiger charge is 2.18. The van der Waals surface area contributed by atoms with Crippen molar-refractivity contribution in [2.45, 2.75) is 24.8 Å². The second-order valence-electron chi connectivity index (χ2n) is 6.29. The maximum atomic E-state index is 11.1. The number of carbonyl (C=O) groups is 1. The van der Waals surface area contributed by atoms with Gasteiger partial charge in [0, 0.05) is 28.3 Å². The van der Waals surface area contributed by atoms with Gasteiger partial charge in [0.05, 0.1) is 6.26 Å². The summed E-state index contributed by atoms with van der Waals surface area (Å²) in [5, 5.41) is 9.04. The Labute approximate surface area is 165 Å². The van der Waals surface area contributed by atoms with Gasteiger partial charge in [0.2, 0.25) is 5.89 Å². The molecule has 0 aliphatic rings. The number of fused-ring (bicyclic) bond motifs is 1. The predicted octanol–water partition coefficient (Wildman–Crippen LogP) is 5.50. The van der Waals surface area contributed by atoms with Gasteiger partial charge in [0.15, 0.2) is 6.10 Å². The second-order valence-corrected chi connectivity index (χ2v) is 7.17. The first-order valence-corrected chi connectivity index (χ1v) is 9.94. The lowest BCUT2D eigenvalue weighted by Crippen LogP contribution is -2.04. The molecule has 2 aromatic heterocycles. The number of thioether (sulfide) groups is 1. The molecule has 2 aromatic carbocycles. The number of rotatable bonds is 5. The highest BCUT2D eigenvalue weighted by atomic mass is 32.2. The summed E-state index contributed by atoms with van der Waals surface area (Å²) in [6, 6.07) is 14.0. The third-order valence-electron chi connectivity index (χ3n) is 4.35. The SMILES string of the molecule is CSc1ccc(-c2coc3ccc(-c4nnc([C@H](C)OC(C)=O)o4)cc23)cc1. The van der Waals surface area contributed by atoms with E-state index in [0.717, 1.165) is 27.7 Å². The van der Waals surface area contributed by atoms with Gasteiger partial charge in [-0.3, -0.25) is 4.79 Å². The average Bonchev–Trinajstić information content (AvgIpc) is 3.34. The van der Waals surface area contributed by atoms with Crippen LogP contribution in [0.2, 0.25) is 0 Å². The molecule has 142 valence electrons. The van der Waals surface area contributed by atoms with Crippen molar-refractivity contribution in [2.75, 3.05) is 6.26 Å². The first-order chi connectivity index (χ1) is 13.5. The van der Waals surface area contributed by atoms with Crippen molar-refractivity contribution in [1.29, 1.82) is 0 Å². The molecule has 4 aromatic rings. The van der Waals surface area contributed by atoms with E-state index < -0.39 is 12.1 Å². The number of benzene rings is 2. The van der Waals surface area contributed by atoms with Crippen LogP contribution in [0, 0.1) is 0 Å². The number of hydrogen-bond donors (Lipinski definition) is 0. The molecule has 0 unspecified atom stereocenters. The molecule has 0 aliphatic heterocycles. The van der Waals surface area contributed by atoms with Crippen LogP contribution in [0.4, 0.5) is 0 Å². The number of aromatic nitrogens is 2. The summed E-state index contributed by atoms with van der Waals surface area (Å²) in [6.07, 6.45) is 3.21. The Hall–Kier alpha value is -3.06. The zero-order valence-corrected chi connectivity index (χ0v) is 16.4. The minimum atomic E-state index is -0.595. The van der Waals surface area contributed by atoms with Crippen LogP contribution in [-0.4, -0.2) is 22.4 Å². The summed E-state index contributed by atoms with van der Waals surface area (Å²) < 4.78 is 16.5. The lowest BCUT2D eigenvalue weighted by Gasteiger charge is -2.05. The summed E-state index contributed by atoms with van der Waals surface area (Å²) in [5.41, 5.74) is 3.62. The third kappa shape index (κ3) is 3.53. The smallest absolute Gasteiger partial charge is 0.303 e. The van der Waals surface area contributed by atoms with Crippen molar-refractivity contribution in [3.63, 3.8) is 0 Å². The van der Waals surface area contributed by atoms with Crippen LogP contribution >= 0.6 is 11.8 Å². The van der Waals surface area contributed by atoms with E-state index in [0.29, 0.717) is 5.89 Å². The van der Waals surface area contributed by atoms with Crippen molar-refractivity contribution in [2.24, 2.45) is 0 Å². The highest BCUT2D eigenvalue weighted by molar-refractivity contribution is 7.98. The fraction of sp³-hybridized carbons (Fsp3) is 0.190. The van der Waals surface area contributed by atoms with E-state index in [4.69, 9.17) is 13.6 Å². The Morgan fingerprint density at radius 2 is 1.86 bits per heavy atom. The molecule has 7 heteroatoms. The number of furan rings is 1. The maximum Gasteiger partial charge on any atom is 0.303 e. The third-order valence-corrected chi connectivity index (χ3v) is 5.10. The maximum absolute atomic E-state index is 11.1. The van der Waals surface area contributed by atoms with Gasteiger partial charge in [0.1, 0.15) is 5.58 Å². The zero-order chi connectivity index (χ0) is 19.7. The molecule has 2 heterocycles. The van der Waals surface area contributed by atoms with Crippen LogP contribution in [0.3, 0.4) is 0 Å². The van der Waals surface area contributed by atoms with Gasteiger partial charge in [-0.1, -0.05) is 12.1 Å². The van der Waals surface area contributed by atoms with Crippen molar-refractivity contribution >= 4 is 28.7 Å². The quantitative estimate of drug-likeness (QED) is 0.327. The van der Waals surface area contributed by atoms with E-state index in [1.807, 2.05) is 18.2 Å². The van der Waals surface area contributed by atoms with E-state index >= 15 is 0 Å². The van der Waals surface area contributed by atoms with E-state index in [1.54, 1.807) is 24.9 Å². The fourth-order valence-corrected chi connectivity index (χ4v) is 3.38. The van der Waals surface area contributed by atoms with E-state index in [2.05, 4.69) is 40.7 Å². The molecule has 6 nitrogen and oxygen atoms in total. The van der Waals surface area contributed by atoms with Gasteiger partial charge >= 0.3 is 5.97 Å². The van der Waals surface area contributed by atoms with Gasteiger partial charge in [-0.2, -0.15) is 0 Å². The van der Waals surface area contributed by atoms with Crippen LogP contribution in [0.1, 0.15) is 25.8 Å². The molecule has 0 N–H and O–H groups in total. The number of carbonyl (C=O) groups excluding carboxylic acids is 1. The number of nitrogens with zero attached hydrogens (tertiary/aromatic N) is 2. The summed E-state index contributed by atoms with van der Waals surface area (Å²) >= 11 is 1.70. The molecule has 0 fully saturated rings. The average molecular weight is 394 g/mol. The van der Waals surface area contributed by atoms with Crippen LogP contribution in [0.25, 0.3) is 33.6 Å². The molecule has 0 aliphatic carbocycles. The molecule has 0 saturated carbocycles. The summed E-state index contributed by atoms with van der Waals surface area (Å²) in [7, 11) is 0. The predicted molar refractivity (Wildman–Crippen MR) is 107 cm³/mol. The normalized spacial score (nSPS) is 12.2. The topological polar surface area (TPSA) is 78.4 Å². The Bertz CT molecular complexity index is 1130. The number of esters is 1. The first kappa shape index (κ1) is 18.3. The van der Waals surface area contributed by atoms with E-state index in [9.17, 15) is 4.79 Å². The van der Waals surface area contributed by atoms with Crippen LogP contribution in [-0.2, 0) is 9.53 Å². The minimum absolute atomic E-state index is 0.255. The summed E-state index contributed by atoms with van der Waals surface area (Å²) in [4.78, 5) is 12.3. The molecular formula is C21H18N2O4S. The highest BCUT2D eigenvalue weighted by Crippen LogP contribution is 2.34. The molecule has 0 radical (unpaired) electrons. The summed E-state index contributed by atoms with van der Waals surface area (Å²) in [6.45, 7) is 3.03. The van der Waals surface area contributed by atoms with E-state index in [1.165, 1.54) is 11.8 Å². The zero-order valence-electron chi connectivity index (χ0n) is 15.6. The van der Waals surface area contributed by atoms with Gasteiger partial charge < -0.3 is 13.6 Å². The van der Waals surface area contributed by atoms with Crippen LogP contribution in [0.15, 0.2) is 62.5 Å². The molecule has 1 atom stereocenters. The van der Waals surface area contributed by atoms with Crippen molar-refractivity contribution in [3.05, 3.63) is 54.6 Å². The van der Waals surface area contributed by atoms with Crippen molar-refractivity contribution in [1.82, 2.24) is 10.2 Å². The van der Waals surface area contributed by atoms with Gasteiger partial charge in [-0.15, -0.1) is 22.0 Å². The van der Waals surface area contributed by atoms with Crippen molar-refractivity contribution in [3.8, 4) is 22.6 Å². The number of ether oxygens (including phenoxy) is 1. The first-order valence-electron chi connectivity index (χ1n) is 8.72. The summed E-state index contributed by atoms with van der Waals surface area (Å²) in [5.74, 6) is 0.218.